The summed E-state index contributed by atoms with van der Waals surface area (Å²) >= 11 is 0. The molecule has 4 rings (SSSR count). The second kappa shape index (κ2) is 7.62. The van der Waals surface area contributed by atoms with Crippen molar-refractivity contribution in [1.29, 1.82) is 0 Å². The molecule has 5 heteroatoms. The van der Waals surface area contributed by atoms with Gasteiger partial charge in [-0.05, 0) is 74.5 Å². The summed E-state index contributed by atoms with van der Waals surface area (Å²) in [6.07, 6.45) is 4.13. The number of benzene rings is 2. The Hall–Kier alpha value is -2.79. The summed E-state index contributed by atoms with van der Waals surface area (Å²) in [4.78, 5) is 4.40. The van der Waals surface area contributed by atoms with Crippen LogP contribution >= 0.6 is 0 Å². The number of piperidine rings is 1. The van der Waals surface area contributed by atoms with Crippen molar-refractivity contribution in [2.45, 2.75) is 18.9 Å². The number of anilines is 1. The number of hydrogen-bond donors (Lipinski definition) is 2. The van der Waals surface area contributed by atoms with Crippen LogP contribution in [0.3, 0.4) is 0 Å². The Labute approximate surface area is 153 Å². The highest BCUT2D eigenvalue weighted by Crippen LogP contribution is 2.21. The Morgan fingerprint density at radius 2 is 1.92 bits per heavy atom. The molecular weight excluding hydrogens is 326 g/mol. The zero-order chi connectivity index (χ0) is 17.8. The number of fused-ring (bicyclic) bond motifs is 1. The van der Waals surface area contributed by atoms with Crippen molar-refractivity contribution in [2.24, 2.45) is 4.99 Å². The van der Waals surface area contributed by atoms with E-state index in [1.165, 1.54) is 0 Å². The van der Waals surface area contributed by atoms with E-state index in [0.29, 0.717) is 6.10 Å². The minimum absolute atomic E-state index is 0.310. The molecule has 3 aromatic rings. The third-order valence-corrected chi connectivity index (χ3v) is 4.66. The summed E-state index contributed by atoms with van der Waals surface area (Å²) in [5.74, 6) is 1.73. The van der Waals surface area contributed by atoms with Crippen molar-refractivity contribution in [2.75, 3.05) is 25.5 Å². The first-order valence-corrected chi connectivity index (χ1v) is 9.01. The van der Waals surface area contributed by atoms with E-state index in [9.17, 15) is 0 Å². The molecule has 0 saturated carbocycles. The summed E-state index contributed by atoms with van der Waals surface area (Å²) in [5.41, 5.74) is 2.88. The van der Waals surface area contributed by atoms with Crippen LogP contribution in [0.15, 0.2) is 64.2 Å². The lowest BCUT2D eigenvalue weighted by molar-refractivity contribution is 0.162. The van der Waals surface area contributed by atoms with E-state index in [0.717, 1.165) is 59.7 Å². The van der Waals surface area contributed by atoms with Gasteiger partial charge in [-0.3, -0.25) is 4.99 Å². The summed E-state index contributed by atoms with van der Waals surface area (Å²) < 4.78 is 11.5. The molecule has 26 heavy (non-hydrogen) atoms. The van der Waals surface area contributed by atoms with Crippen LogP contribution < -0.4 is 15.4 Å². The molecule has 2 N–H and O–H groups in total. The third-order valence-electron chi connectivity index (χ3n) is 4.66. The molecule has 1 saturated heterocycles. The van der Waals surface area contributed by atoms with Crippen molar-refractivity contribution >= 4 is 22.5 Å². The van der Waals surface area contributed by atoms with Gasteiger partial charge in [0.15, 0.2) is 0 Å². The van der Waals surface area contributed by atoms with Gasteiger partial charge in [0.2, 0.25) is 0 Å². The van der Waals surface area contributed by atoms with Crippen LogP contribution in [0.1, 0.15) is 18.4 Å². The average Bonchev–Trinajstić information content (AvgIpc) is 3.16. The minimum atomic E-state index is 0.310. The molecule has 0 bridgehead atoms. The maximum atomic E-state index is 6.06. The molecule has 1 aliphatic heterocycles. The number of rotatable bonds is 4. The van der Waals surface area contributed by atoms with Gasteiger partial charge in [-0.1, -0.05) is 0 Å². The Morgan fingerprint density at radius 1 is 1.12 bits per heavy atom. The maximum Gasteiger partial charge on any atom is 0.133 e. The maximum absolute atomic E-state index is 6.06. The SMILES string of the molecule is CN=C(Nc1ccc(OC2CCNCC2)cc1)c1ccc2occc2c1. The highest BCUT2D eigenvalue weighted by Gasteiger charge is 2.14. The van der Waals surface area contributed by atoms with E-state index >= 15 is 0 Å². The Balaban J connectivity index is 1.44. The van der Waals surface area contributed by atoms with Gasteiger partial charge in [0, 0.05) is 23.7 Å². The number of ether oxygens (including phenoxy) is 1. The number of aliphatic imine (C=N–C) groups is 1. The van der Waals surface area contributed by atoms with Gasteiger partial charge in [-0.2, -0.15) is 0 Å². The van der Waals surface area contributed by atoms with E-state index in [-0.39, 0.29) is 0 Å². The lowest BCUT2D eigenvalue weighted by atomic mass is 10.1. The van der Waals surface area contributed by atoms with Crippen molar-refractivity contribution in [3.05, 3.63) is 60.4 Å². The zero-order valence-corrected chi connectivity index (χ0v) is 14.9. The first-order chi connectivity index (χ1) is 12.8. The van der Waals surface area contributed by atoms with Gasteiger partial charge in [-0.25, -0.2) is 0 Å². The molecule has 2 aromatic carbocycles. The molecule has 1 aliphatic rings. The fraction of sp³-hybridized carbons (Fsp3) is 0.286. The molecule has 2 heterocycles. The van der Waals surface area contributed by atoms with E-state index < -0.39 is 0 Å². The first kappa shape index (κ1) is 16.7. The molecule has 0 radical (unpaired) electrons. The van der Waals surface area contributed by atoms with Crippen LogP contribution in [0, 0.1) is 0 Å². The summed E-state index contributed by atoms with van der Waals surface area (Å²) in [6, 6.07) is 16.1. The highest BCUT2D eigenvalue weighted by atomic mass is 16.5. The average molecular weight is 349 g/mol. The zero-order valence-electron chi connectivity index (χ0n) is 14.9. The lowest BCUT2D eigenvalue weighted by Gasteiger charge is -2.23. The molecule has 0 unspecified atom stereocenters. The fourth-order valence-corrected chi connectivity index (χ4v) is 3.23. The predicted octanol–water partition coefficient (Wildman–Crippen LogP) is 4.05. The summed E-state index contributed by atoms with van der Waals surface area (Å²) in [6.45, 7) is 2.06. The van der Waals surface area contributed by atoms with Crippen molar-refractivity contribution < 1.29 is 9.15 Å². The molecule has 0 atom stereocenters. The third kappa shape index (κ3) is 3.73. The van der Waals surface area contributed by atoms with Gasteiger partial charge in [0.1, 0.15) is 23.3 Å². The molecular formula is C21H23N3O2. The molecule has 0 aliphatic carbocycles. The van der Waals surface area contributed by atoms with Gasteiger partial charge >= 0.3 is 0 Å². The Bertz CT molecular complexity index is 893. The largest absolute Gasteiger partial charge is 0.490 e. The number of hydrogen-bond acceptors (Lipinski definition) is 4. The van der Waals surface area contributed by atoms with Crippen LogP contribution in [0.4, 0.5) is 5.69 Å². The monoisotopic (exact) mass is 349 g/mol. The molecule has 5 nitrogen and oxygen atoms in total. The molecule has 0 spiro atoms. The first-order valence-electron chi connectivity index (χ1n) is 9.01. The smallest absolute Gasteiger partial charge is 0.133 e. The van der Waals surface area contributed by atoms with E-state index in [2.05, 4.69) is 21.7 Å². The van der Waals surface area contributed by atoms with E-state index in [4.69, 9.17) is 9.15 Å². The number of amidine groups is 1. The second-order valence-corrected chi connectivity index (χ2v) is 6.46. The molecule has 0 amide bonds. The lowest BCUT2D eigenvalue weighted by Crippen LogP contribution is -2.34. The number of nitrogens with one attached hydrogen (secondary N) is 2. The van der Waals surface area contributed by atoms with Crippen LogP contribution in [-0.2, 0) is 0 Å². The molecule has 134 valence electrons. The normalized spacial score (nSPS) is 16.0. The highest BCUT2D eigenvalue weighted by molar-refractivity contribution is 6.09. The standard InChI is InChI=1S/C21H23N3O2/c1-22-21(16-2-7-20-15(14-16)10-13-25-20)24-17-3-5-18(6-4-17)26-19-8-11-23-12-9-19/h2-7,10,13-14,19,23H,8-9,11-12H2,1H3,(H,22,24). The molecule has 1 aromatic heterocycles. The van der Waals surface area contributed by atoms with E-state index in [1.54, 1.807) is 13.3 Å². The second-order valence-electron chi connectivity index (χ2n) is 6.46. The summed E-state index contributed by atoms with van der Waals surface area (Å²) in [5, 5.41) is 7.81. The number of furan rings is 1. The fourth-order valence-electron chi connectivity index (χ4n) is 3.23. The van der Waals surface area contributed by atoms with E-state index in [1.807, 2.05) is 42.5 Å². The Kier molecular flexibility index (Phi) is 4.88. The van der Waals surface area contributed by atoms with Gasteiger partial charge < -0.3 is 19.8 Å². The predicted molar refractivity (Wildman–Crippen MR) is 105 cm³/mol. The van der Waals surface area contributed by atoms with Crippen molar-refractivity contribution in [3.8, 4) is 5.75 Å². The van der Waals surface area contributed by atoms with Gasteiger partial charge in [-0.15, -0.1) is 0 Å². The number of nitrogens with zero attached hydrogens (tertiary/aromatic N) is 1. The minimum Gasteiger partial charge on any atom is -0.490 e. The van der Waals surface area contributed by atoms with Crippen LogP contribution in [0.25, 0.3) is 11.0 Å². The van der Waals surface area contributed by atoms with Crippen LogP contribution in [0.2, 0.25) is 0 Å². The van der Waals surface area contributed by atoms with Gasteiger partial charge in [0.25, 0.3) is 0 Å². The van der Waals surface area contributed by atoms with Crippen LogP contribution in [-0.4, -0.2) is 32.1 Å². The molecule has 1 fully saturated rings. The summed E-state index contributed by atoms with van der Waals surface area (Å²) in [7, 11) is 1.79. The topological polar surface area (TPSA) is 58.8 Å². The van der Waals surface area contributed by atoms with Crippen LogP contribution in [0.5, 0.6) is 5.75 Å². The van der Waals surface area contributed by atoms with Crippen molar-refractivity contribution in [1.82, 2.24) is 5.32 Å². The Morgan fingerprint density at radius 3 is 2.69 bits per heavy atom. The van der Waals surface area contributed by atoms with Crippen molar-refractivity contribution in [3.63, 3.8) is 0 Å². The van der Waals surface area contributed by atoms with Gasteiger partial charge in [0.05, 0.1) is 6.26 Å². The quantitative estimate of drug-likeness (QED) is 0.551.